The molecule has 0 fully saturated rings. The van der Waals surface area contributed by atoms with Crippen molar-refractivity contribution in [1.82, 2.24) is 9.97 Å². The highest BCUT2D eigenvalue weighted by Gasteiger charge is 2.06. The van der Waals surface area contributed by atoms with Crippen molar-refractivity contribution in [3.05, 3.63) is 47.3 Å². The first-order chi connectivity index (χ1) is 9.54. The van der Waals surface area contributed by atoms with Gasteiger partial charge in [0.1, 0.15) is 0 Å². The lowest BCUT2D eigenvalue weighted by atomic mass is 10.1. The Hall–Kier alpha value is -1.88. The van der Waals surface area contributed by atoms with Gasteiger partial charge in [-0.15, -0.1) is 0 Å². The number of carbonyl (C=O) groups excluding carboxylic acids is 1. The van der Waals surface area contributed by atoms with Crippen LogP contribution in [-0.4, -0.2) is 21.6 Å². The molecule has 0 radical (unpaired) electrons. The van der Waals surface area contributed by atoms with Crippen LogP contribution in [0.1, 0.15) is 16.8 Å². The van der Waals surface area contributed by atoms with Crippen LogP contribution in [0.25, 0.3) is 0 Å². The van der Waals surface area contributed by atoms with E-state index in [9.17, 15) is 4.79 Å². The van der Waals surface area contributed by atoms with Crippen molar-refractivity contribution in [1.29, 1.82) is 0 Å². The molecule has 104 valence electrons. The van der Waals surface area contributed by atoms with E-state index in [1.165, 1.54) is 17.3 Å². The molecule has 20 heavy (non-hydrogen) atoms. The smallest absolute Gasteiger partial charge is 0.234 e. The summed E-state index contributed by atoms with van der Waals surface area (Å²) in [5, 5.41) is 3.50. The van der Waals surface area contributed by atoms with E-state index in [0.717, 1.165) is 16.9 Å². The maximum absolute atomic E-state index is 11.9. The third-order valence-electron chi connectivity index (χ3n) is 2.90. The standard InChI is InChI=1S/C15H17N3OS/c1-10-4-5-13(8-11(10)2)18-14(19)9-20-15-16-7-6-12(3)17-15/h4-8H,9H2,1-3H3,(H,18,19). The van der Waals surface area contributed by atoms with Gasteiger partial charge in [-0.25, -0.2) is 9.97 Å². The summed E-state index contributed by atoms with van der Waals surface area (Å²) in [6.07, 6.45) is 1.70. The molecule has 0 saturated heterocycles. The van der Waals surface area contributed by atoms with Gasteiger partial charge in [-0.3, -0.25) is 4.79 Å². The summed E-state index contributed by atoms with van der Waals surface area (Å²) in [7, 11) is 0. The number of hydrogen-bond acceptors (Lipinski definition) is 4. The van der Waals surface area contributed by atoms with E-state index in [2.05, 4.69) is 15.3 Å². The van der Waals surface area contributed by atoms with Crippen molar-refractivity contribution in [2.75, 3.05) is 11.1 Å². The Morgan fingerprint density at radius 2 is 2.00 bits per heavy atom. The molecule has 0 aliphatic rings. The zero-order chi connectivity index (χ0) is 14.5. The molecule has 5 heteroatoms. The number of benzene rings is 1. The predicted molar refractivity (Wildman–Crippen MR) is 82.0 cm³/mol. The summed E-state index contributed by atoms with van der Waals surface area (Å²) < 4.78 is 0. The van der Waals surface area contributed by atoms with Gasteiger partial charge in [0, 0.05) is 17.6 Å². The van der Waals surface area contributed by atoms with Gasteiger partial charge in [-0.05, 0) is 50.1 Å². The summed E-state index contributed by atoms with van der Waals surface area (Å²) in [6, 6.07) is 7.72. The molecule has 0 spiro atoms. The van der Waals surface area contributed by atoms with E-state index in [-0.39, 0.29) is 5.91 Å². The van der Waals surface area contributed by atoms with E-state index >= 15 is 0 Å². The summed E-state index contributed by atoms with van der Waals surface area (Å²) in [6.45, 7) is 5.98. The van der Waals surface area contributed by atoms with Crippen LogP contribution in [0.3, 0.4) is 0 Å². The minimum Gasteiger partial charge on any atom is -0.325 e. The Kier molecular flexibility index (Phi) is 4.74. The van der Waals surface area contributed by atoms with Crippen molar-refractivity contribution >= 4 is 23.4 Å². The molecule has 0 bridgehead atoms. The first-order valence-corrected chi connectivity index (χ1v) is 7.33. The zero-order valence-electron chi connectivity index (χ0n) is 11.8. The van der Waals surface area contributed by atoms with Crippen molar-refractivity contribution in [3.8, 4) is 0 Å². The lowest BCUT2D eigenvalue weighted by Gasteiger charge is -2.07. The average Bonchev–Trinajstić information content (AvgIpc) is 2.41. The Morgan fingerprint density at radius 1 is 1.20 bits per heavy atom. The van der Waals surface area contributed by atoms with Gasteiger partial charge >= 0.3 is 0 Å². The van der Waals surface area contributed by atoms with Crippen LogP contribution in [0, 0.1) is 20.8 Å². The molecule has 4 nitrogen and oxygen atoms in total. The van der Waals surface area contributed by atoms with Crippen LogP contribution < -0.4 is 5.32 Å². The van der Waals surface area contributed by atoms with Crippen LogP contribution in [0.5, 0.6) is 0 Å². The Bertz CT molecular complexity index is 628. The summed E-state index contributed by atoms with van der Waals surface area (Å²) in [5.41, 5.74) is 4.10. The molecule has 1 heterocycles. The van der Waals surface area contributed by atoms with Crippen LogP contribution in [-0.2, 0) is 4.79 Å². The Balaban J connectivity index is 1.91. The lowest BCUT2D eigenvalue weighted by Crippen LogP contribution is -2.14. The van der Waals surface area contributed by atoms with Crippen LogP contribution in [0.4, 0.5) is 5.69 Å². The van der Waals surface area contributed by atoms with Gasteiger partial charge in [0.15, 0.2) is 5.16 Å². The molecule has 1 amide bonds. The third kappa shape index (κ3) is 4.06. The van der Waals surface area contributed by atoms with Crippen molar-refractivity contribution in [2.45, 2.75) is 25.9 Å². The number of aromatic nitrogens is 2. The highest BCUT2D eigenvalue weighted by atomic mass is 32.2. The van der Waals surface area contributed by atoms with Crippen LogP contribution >= 0.6 is 11.8 Å². The van der Waals surface area contributed by atoms with Gasteiger partial charge < -0.3 is 5.32 Å². The molecule has 1 aromatic carbocycles. The van der Waals surface area contributed by atoms with Crippen molar-refractivity contribution in [2.24, 2.45) is 0 Å². The second-order valence-corrected chi connectivity index (χ2v) is 5.56. The largest absolute Gasteiger partial charge is 0.325 e. The fourth-order valence-electron chi connectivity index (χ4n) is 1.64. The van der Waals surface area contributed by atoms with E-state index < -0.39 is 0 Å². The topological polar surface area (TPSA) is 54.9 Å². The molecular formula is C15H17N3OS. The molecule has 0 aliphatic carbocycles. The number of hydrogen-bond donors (Lipinski definition) is 1. The lowest BCUT2D eigenvalue weighted by molar-refractivity contribution is -0.113. The molecule has 2 aromatic rings. The average molecular weight is 287 g/mol. The highest BCUT2D eigenvalue weighted by molar-refractivity contribution is 7.99. The van der Waals surface area contributed by atoms with Gasteiger partial charge in [0.05, 0.1) is 5.75 Å². The maximum Gasteiger partial charge on any atom is 0.234 e. The SMILES string of the molecule is Cc1ccnc(SCC(=O)Nc2ccc(C)c(C)c2)n1. The van der Waals surface area contributed by atoms with Crippen LogP contribution in [0.2, 0.25) is 0 Å². The number of nitrogens with zero attached hydrogens (tertiary/aromatic N) is 2. The summed E-state index contributed by atoms with van der Waals surface area (Å²) in [5.74, 6) is 0.250. The maximum atomic E-state index is 11.9. The number of anilines is 1. The quantitative estimate of drug-likeness (QED) is 0.693. The molecule has 0 atom stereocenters. The first kappa shape index (κ1) is 14.5. The summed E-state index contributed by atoms with van der Waals surface area (Å²) >= 11 is 1.34. The number of aryl methyl sites for hydroxylation is 3. The first-order valence-electron chi connectivity index (χ1n) is 6.34. The monoisotopic (exact) mass is 287 g/mol. The minimum absolute atomic E-state index is 0.0524. The number of rotatable bonds is 4. The number of nitrogens with one attached hydrogen (secondary N) is 1. The van der Waals surface area contributed by atoms with Crippen molar-refractivity contribution < 1.29 is 4.79 Å². The Morgan fingerprint density at radius 3 is 2.70 bits per heavy atom. The number of thioether (sulfide) groups is 1. The second-order valence-electron chi connectivity index (χ2n) is 4.62. The highest BCUT2D eigenvalue weighted by Crippen LogP contribution is 2.16. The molecule has 0 aliphatic heterocycles. The molecular weight excluding hydrogens is 270 g/mol. The molecule has 0 unspecified atom stereocenters. The zero-order valence-corrected chi connectivity index (χ0v) is 12.6. The molecule has 2 rings (SSSR count). The normalized spacial score (nSPS) is 10.3. The van der Waals surface area contributed by atoms with E-state index in [1.807, 2.05) is 45.0 Å². The Labute approximate surface area is 123 Å². The van der Waals surface area contributed by atoms with Gasteiger partial charge in [-0.2, -0.15) is 0 Å². The fraction of sp³-hybridized carbons (Fsp3) is 0.267. The van der Waals surface area contributed by atoms with Gasteiger partial charge in [-0.1, -0.05) is 17.8 Å². The minimum atomic E-state index is -0.0524. The third-order valence-corrected chi connectivity index (χ3v) is 3.76. The molecule has 1 N–H and O–H groups in total. The fourth-order valence-corrected chi connectivity index (χ4v) is 2.32. The van der Waals surface area contributed by atoms with Gasteiger partial charge in [0.25, 0.3) is 0 Å². The van der Waals surface area contributed by atoms with E-state index in [1.54, 1.807) is 6.20 Å². The molecule has 0 saturated carbocycles. The predicted octanol–water partition coefficient (Wildman–Crippen LogP) is 3.13. The van der Waals surface area contributed by atoms with E-state index in [4.69, 9.17) is 0 Å². The number of amides is 1. The van der Waals surface area contributed by atoms with Crippen molar-refractivity contribution in [3.63, 3.8) is 0 Å². The van der Waals surface area contributed by atoms with Gasteiger partial charge in [0.2, 0.25) is 5.91 Å². The molecule has 1 aromatic heterocycles. The number of carbonyl (C=O) groups is 1. The second kappa shape index (κ2) is 6.52. The van der Waals surface area contributed by atoms with E-state index in [0.29, 0.717) is 10.9 Å². The van der Waals surface area contributed by atoms with Crippen LogP contribution in [0.15, 0.2) is 35.6 Å². The summed E-state index contributed by atoms with van der Waals surface area (Å²) in [4.78, 5) is 20.2.